The summed E-state index contributed by atoms with van der Waals surface area (Å²) in [6, 6.07) is 2.64. The van der Waals surface area contributed by atoms with Crippen LogP contribution in [0, 0.1) is 5.92 Å². The summed E-state index contributed by atoms with van der Waals surface area (Å²) >= 11 is 0. The molecule has 1 aliphatic carbocycles. The molecule has 0 aromatic carbocycles. The van der Waals surface area contributed by atoms with Crippen LogP contribution in [0.3, 0.4) is 0 Å². The van der Waals surface area contributed by atoms with Gasteiger partial charge >= 0.3 is 0 Å². The molecule has 1 N–H and O–H groups in total. The molecule has 0 amide bonds. The van der Waals surface area contributed by atoms with Crippen LogP contribution in [0.15, 0.2) is 12.4 Å². The largest absolute Gasteiger partial charge is 0.367 e. The Bertz CT molecular complexity index is 682. The van der Waals surface area contributed by atoms with Crippen LogP contribution in [0.1, 0.15) is 57.6 Å². The van der Waals surface area contributed by atoms with Crippen molar-refractivity contribution in [1.82, 2.24) is 24.5 Å². The van der Waals surface area contributed by atoms with Crippen LogP contribution in [0.5, 0.6) is 0 Å². The number of rotatable bonds is 5. The lowest BCUT2D eigenvalue weighted by Gasteiger charge is -2.35. The average Bonchev–Trinajstić information content (AvgIpc) is 3.13. The Kier molecular flexibility index (Phi) is 5.15. The van der Waals surface area contributed by atoms with Gasteiger partial charge in [0, 0.05) is 37.4 Å². The zero-order valence-corrected chi connectivity index (χ0v) is 15.3. The van der Waals surface area contributed by atoms with Crippen LogP contribution >= 0.6 is 0 Å². The fraction of sp³-hybridized carbons (Fsp3) is 0.737. The van der Waals surface area contributed by atoms with Crippen molar-refractivity contribution in [2.24, 2.45) is 5.92 Å². The normalized spacial score (nSPS) is 21.0. The Labute approximate surface area is 150 Å². The molecule has 1 saturated heterocycles. The van der Waals surface area contributed by atoms with E-state index in [9.17, 15) is 0 Å². The molecule has 6 nitrogen and oxygen atoms in total. The average molecular weight is 342 g/mol. The van der Waals surface area contributed by atoms with Gasteiger partial charge in [0.2, 0.25) is 0 Å². The monoisotopic (exact) mass is 342 g/mol. The molecule has 1 saturated carbocycles. The van der Waals surface area contributed by atoms with E-state index >= 15 is 0 Å². The van der Waals surface area contributed by atoms with E-state index in [4.69, 9.17) is 0 Å². The van der Waals surface area contributed by atoms with Gasteiger partial charge in [-0.3, -0.25) is 0 Å². The fourth-order valence-electron chi connectivity index (χ4n) is 4.35. The SMILES string of the molecule is CCc1cc(NC2CCN(CC3CCCCC3)CC2)n2ncnc2n1. The smallest absolute Gasteiger partial charge is 0.254 e. The van der Waals surface area contributed by atoms with Crippen molar-refractivity contribution in [2.45, 2.75) is 64.3 Å². The van der Waals surface area contributed by atoms with E-state index in [1.54, 1.807) is 6.33 Å². The summed E-state index contributed by atoms with van der Waals surface area (Å²) in [5.74, 6) is 2.67. The minimum absolute atomic E-state index is 0.516. The van der Waals surface area contributed by atoms with E-state index in [1.807, 2.05) is 4.52 Å². The summed E-state index contributed by atoms with van der Waals surface area (Å²) in [6.45, 7) is 5.86. The van der Waals surface area contributed by atoms with E-state index in [-0.39, 0.29) is 0 Å². The lowest BCUT2D eigenvalue weighted by Crippen LogP contribution is -2.41. The predicted molar refractivity (Wildman–Crippen MR) is 99.8 cm³/mol. The third-order valence-electron chi connectivity index (χ3n) is 5.85. The lowest BCUT2D eigenvalue weighted by atomic mass is 9.88. The molecule has 0 unspecified atom stereocenters. The summed E-state index contributed by atoms with van der Waals surface area (Å²) in [4.78, 5) is 11.5. The molecule has 1 aliphatic heterocycles. The molecule has 2 aromatic heterocycles. The number of nitrogens with one attached hydrogen (secondary N) is 1. The van der Waals surface area contributed by atoms with Gasteiger partial charge in [-0.1, -0.05) is 26.2 Å². The Morgan fingerprint density at radius 3 is 2.68 bits per heavy atom. The first-order valence-electron chi connectivity index (χ1n) is 10.0. The van der Waals surface area contributed by atoms with E-state index in [1.165, 1.54) is 64.6 Å². The number of aryl methyl sites for hydroxylation is 1. The highest BCUT2D eigenvalue weighted by atomic mass is 15.4. The zero-order valence-electron chi connectivity index (χ0n) is 15.3. The number of nitrogens with zero attached hydrogens (tertiary/aromatic N) is 5. The number of fused-ring (bicyclic) bond motifs is 1. The maximum absolute atomic E-state index is 4.53. The summed E-state index contributed by atoms with van der Waals surface area (Å²) in [7, 11) is 0. The van der Waals surface area contributed by atoms with Gasteiger partial charge in [-0.2, -0.15) is 14.6 Å². The van der Waals surface area contributed by atoms with Crippen LogP contribution in [-0.4, -0.2) is 50.2 Å². The number of piperidine rings is 1. The minimum atomic E-state index is 0.516. The van der Waals surface area contributed by atoms with Gasteiger partial charge < -0.3 is 10.2 Å². The van der Waals surface area contributed by atoms with Gasteiger partial charge in [0.15, 0.2) is 0 Å². The second-order valence-electron chi connectivity index (χ2n) is 7.68. The van der Waals surface area contributed by atoms with E-state index in [0.717, 1.165) is 23.9 Å². The molecule has 2 fully saturated rings. The van der Waals surface area contributed by atoms with E-state index in [0.29, 0.717) is 11.8 Å². The molecular weight excluding hydrogens is 312 g/mol. The molecule has 0 bridgehead atoms. The second kappa shape index (κ2) is 7.68. The molecule has 0 atom stereocenters. The van der Waals surface area contributed by atoms with Crippen molar-refractivity contribution in [3.63, 3.8) is 0 Å². The zero-order chi connectivity index (χ0) is 17.1. The fourth-order valence-corrected chi connectivity index (χ4v) is 4.35. The maximum Gasteiger partial charge on any atom is 0.254 e. The van der Waals surface area contributed by atoms with Gasteiger partial charge in [-0.25, -0.2) is 4.98 Å². The summed E-state index contributed by atoms with van der Waals surface area (Å²) in [5, 5.41) is 8.02. The first-order chi connectivity index (χ1) is 12.3. The van der Waals surface area contributed by atoms with Crippen molar-refractivity contribution in [3.8, 4) is 0 Å². The van der Waals surface area contributed by atoms with Crippen molar-refractivity contribution < 1.29 is 0 Å². The standard InChI is InChI=1S/C19H30N6/c1-2-16-12-18(25-19(23-16)20-14-21-25)22-17-8-10-24(11-9-17)13-15-6-4-3-5-7-15/h12,14-15,17,22H,2-11,13H2,1H3. The highest BCUT2D eigenvalue weighted by Crippen LogP contribution is 2.26. The van der Waals surface area contributed by atoms with E-state index < -0.39 is 0 Å². The molecule has 4 rings (SSSR count). The van der Waals surface area contributed by atoms with E-state index in [2.05, 4.69) is 38.3 Å². The van der Waals surface area contributed by atoms with Gasteiger partial charge in [0.05, 0.1) is 0 Å². The Morgan fingerprint density at radius 1 is 1.12 bits per heavy atom. The molecule has 25 heavy (non-hydrogen) atoms. The Hall–Kier alpha value is -1.69. The number of likely N-dealkylation sites (tertiary alicyclic amines) is 1. The van der Waals surface area contributed by atoms with Crippen LogP contribution in [-0.2, 0) is 6.42 Å². The lowest BCUT2D eigenvalue weighted by molar-refractivity contribution is 0.168. The van der Waals surface area contributed by atoms with Crippen molar-refractivity contribution in [3.05, 3.63) is 18.1 Å². The molecule has 2 aromatic rings. The summed E-state index contributed by atoms with van der Waals surface area (Å²) in [5.41, 5.74) is 1.07. The molecular formula is C19H30N6. The number of hydrogen-bond acceptors (Lipinski definition) is 5. The number of aromatic nitrogens is 4. The van der Waals surface area contributed by atoms with Crippen LogP contribution in [0.25, 0.3) is 5.78 Å². The highest BCUT2D eigenvalue weighted by Gasteiger charge is 2.23. The highest BCUT2D eigenvalue weighted by molar-refractivity contribution is 5.45. The van der Waals surface area contributed by atoms with Crippen LogP contribution < -0.4 is 5.32 Å². The summed E-state index contributed by atoms with van der Waals surface area (Å²) in [6.07, 6.45) is 12.1. The molecule has 0 radical (unpaired) electrons. The summed E-state index contributed by atoms with van der Waals surface area (Å²) < 4.78 is 1.83. The van der Waals surface area contributed by atoms with Crippen LogP contribution in [0.4, 0.5) is 5.82 Å². The number of anilines is 1. The first kappa shape index (κ1) is 16.8. The van der Waals surface area contributed by atoms with Crippen molar-refractivity contribution >= 4 is 11.6 Å². The predicted octanol–water partition coefficient (Wildman–Crippen LogP) is 3.14. The quantitative estimate of drug-likeness (QED) is 0.904. The van der Waals surface area contributed by atoms with Gasteiger partial charge in [-0.15, -0.1) is 0 Å². The molecule has 0 spiro atoms. The molecule has 3 heterocycles. The second-order valence-corrected chi connectivity index (χ2v) is 7.68. The van der Waals surface area contributed by atoms with Gasteiger partial charge in [-0.05, 0) is 38.0 Å². The maximum atomic E-state index is 4.53. The van der Waals surface area contributed by atoms with Crippen molar-refractivity contribution in [1.29, 1.82) is 0 Å². The third-order valence-corrected chi connectivity index (χ3v) is 5.85. The van der Waals surface area contributed by atoms with Crippen LogP contribution in [0.2, 0.25) is 0 Å². The third kappa shape index (κ3) is 3.94. The van der Waals surface area contributed by atoms with Crippen molar-refractivity contribution in [2.75, 3.05) is 25.0 Å². The number of hydrogen-bond donors (Lipinski definition) is 1. The molecule has 6 heteroatoms. The minimum Gasteiger partial charge on any atom is -0.367 e. The Morgan fingerprint density at radius 2 is 1.92 bits per heavy atom. The molecule has 136 valence electrons. The Balaban J connectivity index is 1.35. The van der Waals surface area contributed by atoms with Gasteiger partial charge in [0.25, 0.3) is 5.78 Å². The first-order valence-corrected chi connectivity index (χ1v) is 10.0. The molecule has 2 aliphatic rings. The topological polar surface area (TPSA) is 58.4 Å². The van der Waals surface area contributed by atoms with Gasteiger partial charge in [0.1, 0.15) is 12.1 Å².